The van der Waals surface area contributed by atoms with Crippen LogP contribution in [0.4, 0.5) is 8.78 Å². The van der Waals surface area contributed by atoms with E-state index in [0.717, 1.165) is 18.1 Å². The van der Waals surface area contributed by atoms with Crippen molar-refractivity contribution in [1.82, 2.24) is 5.32 Å². The van der Waals surface area contributed by atoms with Crippen molar-refractivity contribution in [3.63, 3.8) is 0 Å². The number of hydrogen-bond donors (Lipinski definition) is 1. The molecule has 1 aromatic rings. The lowest BCUT2D eigenvalue weighted by atomic mass is 10.0. The Morgan fingerprint density at radius 2 is 2.13 bits per heavy atom. The van der Waals surface area contributed by atoms with Gasteiger partial charge in [0.1, 0.15) is 11.6 Å². The molecule has 2 rings (SSSR count). The molecule has 1 N–H and O–H groups in total. The summed E-state index contributed by atoms with van der Waals surface area (Å²) in [6.07, 6.45) is 0.900. The SMILES string of the molecule is CNC1CC(C)Sc2c(F)cc(F)cc21. The van der Waals surface area contributed by atoms with Gasteiger partial charge in [-0.25, -0.2) is 8.78 Å². The topological polar surface area (TPSA) is 12.0 Å². The fraction of sp³-hybridized carbons (Fsp3) is 0.455. The van der Waals surface area contributed by atoms with E-state index in [1.54, 1.807) is 0 Å². The first-order chi connectivity index (χ1) is 7.11. The zero-order valence-corrected chi connectivity index (χ0v) is 9.50. The van der Waals surface area contributed by atoms with Gasteiger partial charge in [0.15, 0.2) is 0 Å². The summed E-state index contributed by atoms with van der Waals surface area (Å²) in [6.45, 7) is 2.06. The molecule has 0 fully saturated rings. The number of benzene rings is 1. The zero-order valence-electron chi connectivity index (χ0n) is 8.68. The summed E-state index contributed by atoms with van der Waals surface area (Å²) in [6, 6.07) is 2.44. The van der Waals surface area contributed by atoms with Crippen molar-refractivity contribution in [2.45, 2.75) is 29.5 Å². The molecule has 0 spiro atoms. The number of nitrogens with one attached hydrogen (secondary N) is 1. The van der Waals surface area contributed by atoms with Crippen molar-refractivity contribution in [2.75, 3.05) is 7.05 Å². The quantitative estimate of drug-likeness (QED) is 0.794. The second kappa shape index (κ2) is 4.10. The van der Waals surface area contributed by atoms with Crippen LogP contribution >= 0.6 is 11.8 Å². The Labute approximate surface area is 92.3 Å². The Morgan fingerprint density at radius 1 is 1.40 bits per heavy atom. The zero-order chi connectivity index (χ0) is 11.0. The Morgan fingerprint density at radius 3 is 2.80 bits per heavy atom. The summed E-state index contributed by atoms with van der Waals surface area (Å²) in [4.78, 5) is 0.592. The molecule has 0 radical (unpaired) electrons. The summed E-state index contributed by atoms with van der Waals surface area (Å²) in [5, 5.41) is 3.45. The minimum absolute atomic E-state index is 0.0569. The number of rotatable bonds is 1. The van der Waals surface area contributed by atoms with Gasteiger partial charge in [-0.3, -0.25) is 0 Å². The van der Waals surface area contributed by atoms with Crippen LogP contribution < -0.4 is 5.32 Å². The summed E-state index contributed by atoms with van der Waals surface area (Å²) in [5.41, 5.74) is 0.748. The molecule has 4 heteroatoms. The van der Waals surface area contributed by atoms with Crippen molar-refractivity contribution in [3.8, 4) is 0 Å². The molecule has 2 atom stereocenters. The van der Waals surface area contributed by atoms with Crippen LogP contribution in [0.5, 0.6) is 0 Å². The minimum atomic E-state index is -0.498. The molecule has 82 valence electrons. The number of hydrogen-bond acceptors (Lipinski definition) is 2. The number of halogens is 2. The second-order valence-corrected chi connectivity index (χ2v) is 5.26. The first-order valence-corrected chi connectivity index (χ1v) is 5.82. The Bertz CT molecular complexity index is 381. The van der Waals surface area contributed by atoms with Gasteiger partial charge in [-0.15, -0.1) is 11.8 Å². The molecule has 0 saturated heterocycles. The highest BCUT2D eigenvalue weighted by molar-refractivity contribution is 8.00. The molecule has 0 amide bonds. The van der Waals surface area contributed by atoms with Gasteiger partial charge in [0.2, 0.25) is 0 Å². The van der Waals surface area contributed by atoms with Crippen molar-refractivity contribution >= 4 is 11.8 Å². The van der Waals surface area contributed by atoms with E-state index in [1.807, 2.05) is 7.05 Å². The number of fused-ring (bicyclic) bond motifs is 1. The molecule has 0 bridgehead atoms. The van der Waals surface area contributed by atoms with Crippen molar-refractivity contribution in [1.29, 1.82) is 0 Å². The Balaban J connectivity index is 2.51. The highest BCUT2D eigenvalue weighted by atomic mass is 32.2. The van der Waals surface area contributed by atoms with E-state index in [2.05, 4.69) is 12.2 Å². The Hall–Kier alpha value is -0.610. The van der Waals surface area contributed by atoms with Crippen molar-refractivity contribution in [3.05, 3.63) is 29.3 Å². The third kappa shape index (κ3) is 2.01. The highest BCUT2D eigenvalue weighted by Crippen LogP contribution is 2.42. The van der Waals surface area contributed by atoms with Crippen molar-refractivity contribution < 1.29 is 8.78 Å². The summed E-state index contributed by atoms with van der Waals surface area (Å²) >= 11 is 1.48. The van der Waals surface area contributed by atoms with E-state index in [9.17, 15) is 8.78 Å². The first-order valence-electron chi connectivity index (χ1n) is 4.94. The Kier molecular flexibility index (Phi) is 2.98. The fourth-order valence-corrected chi connectivity index (χ4v) is 3.14. The molecule has 1 nitrogen and oxygen atoms in total. The van der Waals surface area contributed by atoms with E-state index in [0.29, 0.717) is 10.1 Å². The van der Waals surface area contributed by atoms with Gasteiger partial charge in [0, 0.05) is 22.3 Å². The molecule has 1 aliphatic rings. The third-order valence-corrected chi connectivity index (χ3v) is 3.91. The van der Waals surface area contributed by atoms with Gasteiger partial charge in [-0.2, -0.15) is 0 Å². The van der Waals surface area contributed by atoms with E-state index < -0.39 is 11.6 Å². The molecule has 1 aliphatic heterocycles. The molecule has 0 aromatic heterocycles. The fourth-order valence-electron chi connectivity index (χ4n) is 1.94. The van der Waals surface area contributed by atoms with Gasteiger partial charge in [-0.05, 0) is 25.1 Å². The van der Waals surface area contributed by atoms with Gasteiger partial charge in [0.05, 0.1) is 0 Å². The van der Waals surface area contributed by atoms with Crippen LogP contribution in [-0.2, 0) is 0 Å². The van der Waals surface area contributed by atoms with Crippen LogP contribution in [0, 0.1) is 11.6 Å². The van der Waals surface area contributed by atoms with Crippen LogP contribution in [0.3, 0.4) is 0 Å². The summed E-state index contributed by atoms with van der Waals surface area (Å²) < 4.78 is 26.6. The highest BCUT2D eigenvalue weighted by Gasteiger charge is 2.27. The molecule has 1 aromatic carbocycles. The average molecular weight is 229 g/mol. The maximum Gasteiger partial charge on any atom is 0.140 e. The monoisotopic (exact) mass is 229 g/mol. The molecule has 1 heterocycles. The normalized spacial score (nSPS) is 25.1. The van der Waals surface area contributed by atoms with Crippen molar-refractivity contribution in [2.24, 2.45) is 0 Å². The second-order valence-electron chi connectivity index (χ2n) is 3.81. The number of thioether (sulfide) groups is 1. The maximum absolute atomic E-state index is 13.5. The molecule has 15 heavy (non-hydrogen) atoms. The predicted molar refractivity (Wildman–Crippen MR) is 58.1 cm³/mol. The molecule has 2 unspecified atom stereocenters. The third-order valence-electron chi connectivity index (χ3n) is 2.65. The summed E-state index contributed by atoms with van der Waals surface area (Å²) in [5.74, 6) is -0.941. The van der Waals surface area contributed by atoms with Crippen LogP contribution in [0.1, 0.15) is 24.9 Å². The predicted octanol–water partition coefficient (Wildman–Crippen LogP) is 3.11. The van der Waals surface area contributed by atoms with Gasteiger partial charge in [0.25, 0.3) is 0 Å². The molecular weight excluding hydrogens is 216 g/mol. The van der Waals surface area contributed by atoms with Gasteiger partial charge < -0.3 is 5.32 Å². The largest absolute Gasteiger partial charge is 0.313 e. The van der Waals surface area contributed by atoms with Gasteiger partial charge in [-0.1, -0.05) is 6.92 Å². The standard InChI is InChI=1S/C11H13F2NS/c1-6-3-10(14-2)8-4-7(12)5-9(13)11(8)15-6/h4-6,10,14H,3H2,1-2H3. The first kappa shape index (κ1) is 10.9. The molecule has 0 saturated carbocycles. The van der Waals surface area contributed by atoms with E-state index >= 15 is 0 Å². The lowest BCUT2D eigenvalue weighted by Gasteiger charge is -2.29. The van der Waals surface area contributed by atoms with E-state index in [4.69, 9.17) is 0 Å². The van der Waals surface area contributed by atoms with Crippen LogP contribution in [0.2, 0.25) is 0 Å². The lowest BCUT2D eigenvalue weighted by Crippen LogP contribution is -2.24. The average Bonchev–Trinajstić information content (AvgIpc) is 2.18. The van der Waals surface area contributed by atoms with E-state index in [1.165, 1.54) is 17.8 Å². The minimum Gasteiger partial charge on any atom is -0.313 e. The van der Waals surface area contributed by atoms with Crippen LogP contribution in [0.15, 0.2) is 17.0 Å². The van der Waals surface area contributed by atoms with Crippen LogP contribution in [0.25, 0.3) is 0 Å². The lowest BCUT2D eigenvalue weighted by molar-refractivity contribution is 0.497. The van der Waals surface area contributed by atoms with Gasteiger partial charge >= 0.3 is 0 Å². The summed E-state index contributed by atoms with van der Waals surface area (Å²) in [7, 11) is 1.82. The maximum atomic E-state index is 13.5. The molecule has 0 aliphatic carbocycles. The molecular formula is C11H13F2NS. The van der Waals surface area contributed by atoms with E-state index in [-0.39, 0.29) is 6.04 Å². The smallest absolute Gasteiger partial charge is 0.140 e. The van der Waals surface area contributed by atoms with Crippen LogP contribution in [-0.4, -0.2) is 12.3 Å².